The van der Waals surface area contributed by atoms with Crippen LogP contribution in [0.4, 0.5) is 0 Å². The fraction of sp³-hybridized carbons (Fsp3) is 0.667. The number of halogens is 1. The predicted octanol–water partition coefficient (Wildman–Crippen LogP) is 4.28. The molecule has 1 saturated carbocycles. The van der Waals surface area contributed by atoms with Crippen molar-refractivity contribution in [2.45, 2.75) is 56.9 Å². The van der Waals surface area contributed by atoms with Crippen LogP contribution in [0.3, 0.4) is 0 Å². The van der Waals surface area contributed by atoms with Gasteiger partial charge in [-0.3, -0.25) is 4.79 Å². The van der Waals surface area contributed by atoms with Crippen molar-refractivity contribution >= 4 is 33.2 Å². The van der Waals surface area contributed by atoms with Crippen LogP contribution in [0, 0.1) is 0 Å². The van der Waals surface area contributed by atoms with Crippen LogP contribution in [0.2, 0.25) is 0 Å². The molecule has 0 radical (unpaired) electrons. The van der Waals surface area contributed by atoms with E-state index in [4.69, 9.17) is 0 Å². The van der Waals surface area contributed by atoms with Crippen molar-refractivity contribution < 1.29 is 4.79 Å². The molecule has 19 heavy (non-hydrogen) atoms. The van der Waals surface area contributed by atoms with Gasteiger partial charge in [-0.1, -0.05) is 41.3 Å². The Morgan fingerprint density at radius 1 is 1.37 bits per heavy atom. The van der Waals surface area contributed by atoms with Crippen LogP contribution in [0.15, 0.2) is 17.5 Å². The lowest BCUT2D eigenvalue weighted by molar-refractivity contribution is -0.123. The lowest BCUT2D eigenvalue weighted by Gasteiger charge is -2.36. The van der Waals surface area contributed by atoms with Gasteiger partial charge >= 0.3 is 0 Å². The zero-order chi connectivity index (χ0) is 13.6. The number of thiophene rings is 1. The number of aryl methyl sites for hydroxylation is 1. The fourth-order valence-electron chi connectivity index (χ4n) is 2.76. The summed E-state index contributed by atoms with van der Waals surface area (Å²) in [6.45, 7) is 0. The van der Waals surface area contributed by atoms with Gasteiger partial charge in [-0.15, -0.1) is 11.3 Å². The van der Waals surface area contributed by atoms with Crippen LogP contribution >= 0.6 is 27.3 Å². The van der Waals surface area contributed by atoms with Crippen molar-refractivity contribution in [3.05, 3.63) is 22.4 Å². The number of carbonyl (C=O) groups excluding carboxylic acids is 1. The van der Waals surface area contributed by atoms with Crippen LogP contribution in [-0.4, -0.2) is 16.8 Å². The molecule has 1 aliphatic rings. The van der Waals surface area contributed by atoms with Crippen molar-refractivity contribution in [1.82, 2.24) is 5.32 Å². The highest BCUT2D eigenvalue weighted by Crippen LogP contribution is 2.30. The smallest absolute Gasteiger partial charge is 0.220 e. The Labute approximate surface area is 128 Å². The summed E-state index contributed by atoms with van der Waals surface area (Å²) in [6, 6.07) is 4.21. The van der Waals surface area contributed by atoms with E-state index in [1.807, 2.05) is 0 Å². The minimum atomic E-state index is 0.0261. The summed E-state index contributed by atoms with van der Waals surface area (Å²) < 4.78 is 0. The van der Waals surface area contributed by atoms with Gasteiger partial charge in [0, 0.05) is 22.2 Å². The molecule has 0 aliphatic heterocycles. The van der Waals surface area contributed by atoms with Crippen molar-refractivity contribution in [1.29, 1.82) is 0 Å². The Kier molecular flexibility index (Phi) is 5.89. The van der Waals surface area contributed by atoms with Gasteiger partial charge in [-0.05, 0) is 37.1 Å². The fourth-order valence-corrected chi connectivity index (χ4v) is 4.21. The first-order valence-electron chi connectivity index (χ1n) is 7.13. The highest BCUT2D eigenvalue weighted by atomic mass is 79.9. The molecule has 1 amide bonds. The number of alkyl halides is 1. The monoisotopic (exact) mass is 343 g/mol. The van der Waals surface area contributed by atoms with Gasteiger partial charge in [0.2, 0.25) is 5.91 Å². The number of rotatable bonds is 6. The van der Waals surface area contributed by atoms with E-state index in [9.17, 15) is 4.79 Å². The Morgan fingerprint density at radius 2 is 2.16 bits per heavy atom. The Morgan fingerprint density at radius 3 is 2.79 bits per heavy atom. The second-order valence-corrected chi connectivity index (χ2v) is 7.05. The highest BCUT2D eigenvalue weighted by Gasteiger charge is 2.32. The largest absolute Gasteiger partial charge is 0.350 e. The van der Waals surface area contributed by atoms with Gasteiger partial charge in [0.15, 0.2) is 0 Å². The third-order valence-corrected chi connectivity index (χ3v) is 5.89. The quantitative estimate of drug-likeness (QED) is 0.767. The number of carbonyl (C=O) groups is 1. The van der Waals surface area contributed by atoms with Crippen molar-refractivity contribution in [2.24, 2.45) is 0 Å². The zero-order valence-corrected chi connectivity index (χ0v) is 13.7. The van der Waals surface area contributed by atoms with Gasteiger partial charge in [0.1, 0.15) is 0 Å². The van der Waals surface area contributed by atoms with Gasteiger partial charge in [-0.25, -0.2) is 0 Å². The van der Waals surface area contributed by atoms with Crippen molar-refractivity contribution in [3.8, 4) is 0 Å². The zero-order valence-electron chi connectivity index (χ0n) is 11.3. The molecule has 0 spiro atoms. The summed E-state index contributed by atoms with van der Waals surface area (Å²) in [4.78, 5) is 13.5. The maximum Gasteiger partial charge on any atom is 0.220 e. The van der Waals surface area contributed by atoms with Gasteiger partial charge < -0.3 is 5.32 Å². The van der Waals surface area contributed by atoms with Crippen LogP contribution in [0.5, 0.6) is 0 Å². The summed E-state index contributed by atoms with van der Waals surface area (Å²) in [5.74, 6) is 0.220. The molecule has 1 aromatic heterocycles. The third kappa shape index (κ3) is 4.60. The molecule has 1 fully saturated rings. The molecular formula is C15H22BrNOS. The Balaban J connectivity index is 1.73. The maximum absolute atomic E-state index is 12.1. The maximum atomic E-state index is 12.1. The molecular weight excluding hydrogens is 322 g/mol. The van der Waals surface area contributed by atoms with E-state index in [-0.39, 0.29) is 11.4 Å². The first-order chi connectivity index (χ1) is 9.24. The van der Waals surface area contributed by atoms with E-state index in [1.54, 1.807) is 11.3 Å². The highest BCUT2D eigenvalue weighted by molar-refractivity contribution is 9.09. The summed E-state index contributed by atoms with van der Waals surface area (Å²) in [5.41, 5.74) is 0.0261. The van der Waals surface area contributed by atoms with Crippen molar-refractivity contribution in [3.63, 3.8) is 0 Å². The molecule has 0 aromatic carbocycles. The van der Waals surface area contributed by atoms with Crippen molar-refractivity contribution in [2.75, 3.05) is 5.33 Å². The molecule has 1 aromatic rings. The van der Waals surface area contributed by atoms with Gasteiger partial charge in [-0.2, -0.15) is 0 Å². The first-order valence-corrected chi connectivity index (χ1v) is 9.14. The van der Waals surface area contributed by atoms with Gasteiger partial charge in [0.25, 0.3) is 0 Å². The molecule has 0 atom stereocenters. The molecule has 1 heterocycles. The molecule has 2 nitrogen and oxygen atoms in total. The second-order valence-electron chi connectivity index (χ2n) is 5.46. The molecule has 2 rings (SSSR count). The molecule has 4 heteroatoms. The second kappa shape index (κ2) is 7.44. The molecule has 0 saturated heterocycles. The van der Waals surface area contributed by atoms with Crippen LogP contribution in [0.1, 0.15) is 49.8 Å². The van der Waals surface area contributed by atoms with E-state index in [2.05, 4.69) is 38.8 Å². The Hall–Kier alpha value is -0.350. The summed E-state index contributed by atoms with van der Waals surface area (Å²) in [5, 5.41) is 6.26. The average Bonchev–Trinajstić information content (AvgIpc) is 2.93. The number of hydrogen-bond acceptors (Lipinski definition) is 2. The van der Waals surface area contributed by atoms with E-state index >= 15 is 0 Å². The number of hydrogen-bond donors (Lipinski definition) is 1. The molecule has 1 aliphatic carbocycles. The molecule has 0 unspecified atom stereocenters. The minimum absolute atomic E-state index is 0.0261. The summed E-state index contributed by atoms with van der Waals surface area (Å²) in [6.07, 6.45) is 8.64. The lowest BCUT2D eigenvalue weighted by Crippen LogP contribution is -2.51. The summed E-state index contributed by atoms with van der Waals surface area (Å²) in [7, 11) is 0. The third-order valence-electron chi connectivity index (χ3n) is 3.88. The van der Waals surface area contributed by atoms with E-state index < -0.39 is 0 Å². The lowest BCUT2D eigenvalue weighted by atomic mass is 9.83. The predicted molar refractivity (Wildman–Crippen MR) is 85.0 cm³/mol. The molecule has 1 N–H and O–H groups in total. The Bertz CT molecular complexity index is 385. The standard InChI is InChI=1S/C15H22BrNOS/c16-12-15(9-2-1-3-10-15)17-14(18)8-4-6-13-7-5-11-19-13/h5,7,11H,1-4,6,8-10,12H2,(H,17,18). The average molecular weight is 344 g/mol. The number of nitrogens with one attached hydrogen (secondary N) is 1. The van der Waals surface area contributed by atoms with Crippen LogP contribution < -0.4 is 5.32 Å². The van der Waals surface area contributed by atoms with Gasteiger partial charge in [0.05, 0.1) is 0 Å². The molecule has 0 bridgehead atoms. The SMILES string of the molecule is O=C(CCCc1cccs1)NC1(CBr)CCCCC1. The molecule has 106 valence electrons. The van der Waals surface area contributed by atoms with E-state index in [1.165, 1.54) is 24.1 Å². The first kappa shape index (κ1) is 15.0. The number of amides is 1. The van der Waals surface area contributed by atoms with Crippen LogP contribution in [0.25, 0.3) is 0 Å². The summed E-state index contributed by atoms with van der Waals surface area (Å²) >= 11 is 5.36. The topological polar surface area (TPSA) is 29.1 Å². The normalized spacial score (nSPS) is 18.2. The minimum Gasteiger partial charge on any atom is -0.350 e. The van der Waals surface area contributed by atoms with E-state index in [0.717, 1.165) is 31.0 Å². The van der Waals surface area contributed by atoms with E-state index in [0.29, 0.717) is 6.42 Å². The van der Waals surface area contributed by atoms with Crippen LogP contribution in [-0.2, 0) is 11.2 Å².